The van der Waals surface area contributed by atoms with Crippen LogP contribution in [0.4, 0.5) is 0 Å². The van der Waals surface area contributed by atoms with Crippen molar-refractivity contribution in [3.05, 3.63) is 34.9 Å². The third-order valence-corrected chi connectivity index (χ3v) is 2.91. The first-order valence-electron chi connectivity index (χ1n) is 5.05. The van der Waals surface area contributed by atoms with Crippen LogP contribution in [-0.4, -0.2) is 19.0 Å². The Morgan fingerprint density at radius 2 is 2.00 bits per heavy atom. The van der Waals surface area contributed by atoms with Crippen molar-refractivity contribution in [3.8, 4) is 0 Å². The highest BCUT2D eigenvalue weighted by atomic mass is 35.5. The Bertz CT molecular complexity index is 364. The number of hydrogen-bond acceptors (Lipinski definition) is 2. The van der Waals surface area contributed by atoms with E-state index in [1.54, 1.807) is 0 Å². The summed E-state index contributed by atoms with van der Waals surface area (Å²) >= 11 is 11.5. The number of benzene rings is 1. The van der Waals surface area contributed by atoms with Crippen molar-refractivity contribution in [1.82, 2.24) is 0 Å². The van der Waals surface area contributed by atoms with Gasteiger partial charge in [0.15, 0.2) is 0 Å². The van der Waals surface area contributed by atoms with Gasteiger partial charge in [-0.1, -0.05) is 18.2 Å². The predicted octanol–water partition coefficient (Wildman–Crippen LogP) is 3.38. The summed E-state index contributed by atoms with van der Waals surface area (Å²) in [7, 11) is 1.37. The minimum Gasteiger partial charge on any atom is -0.465 e. The third-order valence-electron chi connectivity index (χ3n) is 2.35. The summed E-state index contributed by atoms with van der Waals surface area (Å²) in [4.78, 5) is 11.7. The van der Waals surface area contributed by atoms with Crippen LogP contribution >= 0.6 is 23.2 Å². The number of aryl methyl sites for hydroxylation is 1. The lowest BCUT2D eigenvalue weighted by Crippen LogP contribution is -2.09. The van der Waals surface area contributed by atoms with E-state index in [0.29, 0.717) is 17.3 Å². The molecule has 0 radical (unpaired) electrons. The van der Waals surface area contributed by atoms with Crippen LogP contribution in [0.2, 0.25) is 0 Å². The Kier molecular flexibility index (Phi) is 5.64. The van der Waals surface area contributed by atoms with Gasteiger partial charge in [-0.05, 0) is 24.0 Å². The molecular formula is C12H14Cl2O2. The molecule has 0 bridgehead atoms. The summed E-state index contributed by atoms with van der Waals surface area (Å²) in [6.07, 6.45) is 1.59. The van der Waals surface area contributed by atoms with Gasteiger partial charge in [-0.3, -0.25) is 0 Å². The molecule has 0 fully saturated rings. The number of rotatable bonds is 5. The van der Waals surface area contributed by atoms with Crippen LogP contribution in [0.25, 0.3) is 0 Å². The molecule has 0 aliphatic carbocycles. The summed E-state index contributed by atoms with van der Waals surface area (Å²) in [5.74, 6) is 0.547. The molecule has 0 aliphatic rings. The number of carbonyl (C=O) groups is 1. The standard InChI is InChI=1S/C12H14Cl2O2/c1-16-12(15)11-9(6-3-7-13)4-2-5-10(11)8-14/h2,4-5H,3,6-8H2,1H3. The second kappa shape index (κ2) is 6.77. The summed E-state index contributed by atoms with van der Waals surface area (Å²) < 4.78 is 4.77. The van der Waals surface area contributed by atoms with Crippen molar-refractivity contribution in [3.63, 3.8) is 0 Å². The normalized spacial score (nSPS) is 10.2. The molecule has 4 heteroatoms. The van der Waals surface area contributed by atoms with Crippen molar-refractivity contribution in [2.75, 3.05) is 13.0 Å². The van der Waals surface area contributed by atoms with Crippen molar-refractivity contribution in [1.29, 1.82) is 0 Å². The summed E-state index contributed by atoms with van der Waals surface area (Å²) in [6, 6.07) is 5.64. The fraction of sp³-hybridized carbons (Fsp3) is 0.417. The van der Waals surface area contributed by atoms with Crippen LogP contribution in [0.1, 0.15) is 27.9 Å². The zero-order chi connectivity index (χ0) is 12.0. The minimum absolute atomic E-state index is 0.305. The summed E-state index contributed by atoms with van der Waals surface area (Å²) in [5, 5.41) is 0. The first-order chi connectivity index (χ1) is 7.74. The van der Waals surface area contributed by atoms with Crippen LogP contribution < -0.4 is 0 Å². The minimum atomic E-state index is -0.333. The van der Waals surface area contributed by atoms with Gasteiger partial charge in [0.05, 0.1) is 12.7 Å². The SMILES string of the molecule is COC(=O)c1c(CCl)cccc1CCCCl. The molecule has 0 heterocycles. The Morgan fingerprint density at radius 1 is 1.31 bits per heavy atom. The van der Waals surface area contributed by atoms with E-state index in [-0.39, 0.29) is 5.97 Å². The number of esters is 1. The third kappa shape index (κ3) is 3.13. The Balaban J connectivity index is 3.10. The van der Waals surface area contributed by atoms with Gasteiger partial charge in [0.25, 0.3) is 0 Å². The zero-order valence-corrected chi connectivity index (χ0v) is 10.6. The lowest BCUT2D eigenvalue weighted by Gasteiger charge is -2.10. The highest BCUT2D eigenvalue weighted by Crippen LogP contribution is 2.19. The van der Waals surface area contributed by atoms with Crippen LogP contribution in [-0.2, 0) is 17.0 Å². The van der Waals surface area contributed by atoms with Crippen LogP contribution in [0, 0.1) is 0 Å². The van der Waals surface area contributed by atoms with Gasteiger partial charge < -0.3 is 4.74 Å². The van der Waals surface area contributed by atoms with Crippen molar-refractivity contribution < 1.29 is 9.53 Å². The van der Waals surface area contributed by atoms with E-state index in [1.807, 2.05) is 18.2 Å². The quantitative estimate of drug-likeness (QED) is 0.600. The molecule has 0 unspecified atom stereocenters. The molecule has 1 aromatic carbocycles. The second-order valence-corrected chi connectivity index (χ2v) is 4.01. The van der Waals surface area contributed by atoms with Crippen molar-refractivity contribution in [2.24, 2.45) is 0 Å². The van der Waals surface area contributed by atoms with E-state index >= 15 is 0 Å². The maximum Gasteiger partial charge on any atom is 0.338 e. The number of alkyl halides is 2. The van der Waals surface area contributed by atoms with Gasteiger partial charge in [-0.2, -0.15) is 0 Å². The molecule has 16 heavy (non-hydrogen) atoms. The Labute approximate surface area is 106 Å². The van der Waals surface area contributed by atoms with E-state index in [2.05, 4.69) is 0 Å². The van der Waals surface area contributed by atoms with E-state index in [9.17, 15) is 4.79 Å². The average molecular weight is 261 g/mol. The molecule has 1 aromatic rings. The van der Waals surface area contributed by atoms with Gasteiger partial charge in [0, 0.05) is 11.8 Å². The monoisotopic (exact) mass is 260 g/mol. The van der Waals surface area contributed by atoms with Crippen LogP contribution in [0.15, 0.2) is 18.2 Å². The highest BCUT2D eigenvalue weighted by Gasteiger charge is 2.15. The first kappa shape index (κ1) is 13.3. The molecule has 0 amide bonds. The summed E-state index contributed by atoms with van der Waals surface area (Å²) in [5.41, 5.74) is 2.34. The van der Waals surface area contributed by atoms with Gasteiger partial charge in [0.2, 0.25) is 0 Å². The number of ether oxygens (including phenoxy) is 1. The van der Waals surface area contributed by atoms with E-state index in [4.69, 9.17) is 27.9 Å². The first-order valence-corrected chi connectivity index (χ1v) is 6.12. The summed E-state index contributed by atoms with van der Waals surface area (Å²) in [6.45, 7) is 0. The Morgan fingerprint density at radius 3 is 2.56 bits per heavy atom. The zero-order valence-electron chi connectivity index (χ0n) is 9.13. The molecule has 0 aromatic heterocycles. The van der Waals surface area contributed by atoms with Gasteiger partial charge in [-0.15, -0.1) is 23.2 Å². The smallest absolute Gasteiger partial charge is 0.338 e. The average Bonchev–Trinajstić information content (AvgIpc) is 2.34. The Hall–Kier alpha value is -0.730. The maximum atomic E-state index is 11.7. The molecule has 0 atom stereocenters. The van der Waals surface area contributed by atoms with Gasteiger partial charge in [-0.25, -0.2) is 4.79 Å². The molecule has 0 spiro atoms. The number of hydrogen-bond donors (Lipinski definition) is 0. The molecule has 0 N–H and O–H groups in total. The number of halogens is 2. The lowest BCUT2D eigenvalue weighted by molar-refractivity contribution is 0.0598. The topological polar surface area (TPSA) is 26.3 Å². The molecule has 0 saturated heterocycles. The van der Waals surface area contributed by atoms with Crippen LogP contribution in [0.5, 0.6) is 0 Å². The molecule has 2 nitrogen and oxygen atoms in total. The van der Waals surface area contributed by atoms with Crippen LogP contribution in [0.3, 0.4) is 0 Å². The fourth-order valence-electron chi connectivity index (χ4n) is 1.59. The molecule has 0 aliphatic heterocycles. The van der Waals surface area contributed by atoms with Gasteiger partial charge >= 0.3 is 5.97 Å². The predicted molar refractivity (Wildman–Crippen MR) is 66.4 cm³/mol. The van der Waals surface area contributed by atoms with E-state index in [1.165, 1.54) is 7.11 Å². The molecule has 1 rings (SSSR count). The molecule has 0 saturated carbocycles. The van der Waals surface area contributed by atoms with Gasteiger partial charge in [0.1, 0.15) is 0 Å². The fourth-order valence-corrected chi connectivity index (χ4v) is 1.95. The van der Waals surface area contributed by atoms with E-state index in [0.717, 1.165) is 24.0 Å². The molecular weight excluding hydrogens is 247 g/mol. The van der Waals surface area contributed by atoms with Crippen molar-refractivity contribution >= 4 is 29.2 Å². The number of methoxy groups -OCH3 is 1. The highest BCUT2D eigenvalue weighted by molar-refractivity contribution is 6.18. The largest absolute Gasteiger partial charge is 0.465 e. The maximum absolute atomic E-state index is 11.7. The second-order valence-electron chi connectivity index (χ2n) is 3.37. The molecule has 88 valence electrons. The lowest BCUT2D eigenvalue weighted by atomic mass is 9.98. The van der Waals surface area contributed by atoms with E-state index < -0.39 is 0 Å². The van der Waals surface area contributed by atoms with Crippen molar-refractivity contribution in [2.45, 2.75) is 18.7 Å². The number of carbonyl (C=O) groups excluding carboxylic acids is 1.